The predicted octanol–water partition coefficient (Wildman–Crippen LogP) is 2.00. The van der Waals surface area contributed by atoms with Crippen molar-refractivity contribution >= 4 is 11.6 Å². The highest BCUT2D eigenvalue weighted by molar-refractivity contribution is 5.48. The van der Waals surface area contributed by atoms with Crippen LogP contribution < -0.4 is 10.2 Å². The minimum Gasteiger partial charge on any atom is -0.396 e. The zero-order valence-corrected chi connectivity index (χ0v) is 10.7. The Morgan fingerprint density at radius 2 is 2.00 bits per heavy atom. The van der Waals surface area contributed by atoms with Gasteiger partial charge in [-0.05, 0) is 19.3 Å². The standard InChI is InChI=1S/C12H19F2N3O/c1-15-11-9(13)8-10(14)12(16-11)17(2)6-4-3-5-7-18/h8,18H,3-7H2,1-2H3,(H,15,16). The van der Waals surface area contributed by atoms with Crippen molar-refractivity contribution in [3.8, 4) is 0 Å². The summed E-state index contributed by atoms with van der Waals surface area (Å²) < 4.78 is 26.8. The lowest BCUT2D eigenvalue weighted by molar-refractivity contribution is 0.283. The van der Waals surface area contributed by atoms with Gasteiger partial charge in [0.25, 0.3) is 0 Å². The third kappa shape index (κ3) is 3.80. The molecule has 0 saturated carbocycles. The number of nitrogens with one attached hydrogen (secondary N) is 1. The summed E-state index contributed by atoms with van der Waals surface area (Å²) in [5, 5.41) is 11.2. The van der Waals surface area contributed by atoms with Gasteiger partial charge >= 0.3 is 0 Å². The highest BCUT2D eigenvalue weighted by atomic mass is 19.1. The minimum absolute atomic E-state index is 0.0357. The molecule has 1 rings (SSSR count). The second-order valence-electron chi connectivity index (χ2n) is 4.08. The molecule has 0 aliphatic rings. The number of aliphatic hydroxyl groups excluding tert-OH is 1. The molecule has 0 bridgehead atoms. The summed E-state index contributed by atoms with van der Waals surface area (Å²) in [7, 11) is 3.25. The first-order valence-corrected chi connectivity index (χ1v) is 5.96. The van der Waals surface area contributed by atoms with Gasteiger partial charge in [0.1, 0.15) is 0 Å². The fraction of sp³-hybridized carbons (Fsp3) is 0.583. The summed E-state index contributed by atoms with van der Waals surface area (Å²) in [5.74, 6) is -1.21. The maximum Gasteiger partial charge on any atom is 0.168 e. The quantitative estimate of drug-likeness (QED) is 0.735. The second kappa shape index (κ2) is 7.10. The molecule has 1 aromatic heterocycles. The number of hydrogen-bond donors (Lipinski definition) is 2. The first-order valence-electron chi connectivity index (χ1n) is 5.96. The Hall–Kier alpha value is -1.43. The van der Waals surface area contributed by atoms with E-state index in [1.807, 2.05) is 0 Å². The molecule has 0 unspecified atom stereocenters. The number of unbranched alkanes of at least 4 members (excludes halogenated alkanes) is 2. The Morgan fingerprint density at radius 3 is 2.61 bits per heavy atom. The number of rotatable bonds is 7. The molecule has 1 heterocycles. The van der Waals surface area contributed by atoms with E-state index < -0.39 is 11.6 Å². The van der Waals surface area contributed by atoms with Crippen LogP contribution in [0.25, 0.3) is 0 Å². The molecule has 0 fully saturated rings. The molecule has 0 saturated heterocycles. The Balaban J connectivity index is 2.69. The van der Waals surface area contributed by atoms with Gasteiger partial charge < -0.3 is 15.3 Å². The molecule has 18 heavy (non-hydrogen) atoms. The SMILES string of the molecule is CNc1nc(N(C)CCCCCO)c(F)cc1F. The molecular weight excluding hydrogens is 240 g/mol. The first kappa shape index (κ1) is 14.6. The fourth-order valence-corrected chi connectivity index (χ4v) is 1.64. The maximum absolute atomic E-state index is 13.6. The maximum atomic E-state index is 13.6. The first-order chi connectivity index (χ1) is 8.60. The Morgan fingerprint density at radius 1 is 1.28 bits per heavy atom. The van der Waals surface area contributed by atoms with Crippen LogP contribution in [0.4, 0.5) is 20.4 Å². The van der Waals surface area contributed by atoms with Gasteiger partial charge in [-0.3, -0.25) is 0 Å². The molecule has 102 valence electrons. The van der Waals surface area contributed by atoms with Crippen LogP contribution in [0.5, 0.6) is 0 Å². The van der Waals surface area contributed by atoms with Crippen LogP contribution in [0.3, 0.4) is 0 Å². The zero-order valence-electron chi connectivity index (χ0n) is 10.7. The largest absolute Gasteiger partial charge is 0.396 e. The number of anilines is 2. The number of pyridine rings is 1. The van der Waals surface area contributed by atoms with Gasteiger partial charge in [0.2, 0.25) is 0 Å². The van der Waals surface area contributed by atoms with Crippen molar-refractivity contribution in [1.82, 2.24) is 4.98 Å². The predicted molar refractivity (Wildman–Crippen MR) is 67.9 cm³/mol. The zero-order chi connectivity index (χ0) is 13.5. The Bertz CT molecular complexity index is 388. The van der Waals surface area contributed by atoms with E-state index in [1.54, 1.807) is 11.9 Å². The van der Waals surface area contributed by atoms with E-state index in [0.29, 0.717) is 6.54 Å². The third-order valence-corrected chi connectivity index (χ3v) is 2.66. The number of hydrogen-bond acceptors (Lipinski definition) is 4. The average molecular weight is 259 g/mol. The Labute approximate surface area is 106 Å². The number of nitrogens with zero attached hydrogens (tertiary/aromatic N) is 2. The van der Waals surface area contributed by atoms with Crippen molar-refractivity contribution in [2.75, 3.05) is 37.5 Å². The topological polar surface area (TPSA) is 48.4 Å². The third-order valence-electron chi connectivity index (χ3n) is 2.66. The lowest BCUT2D eigenvalue weighted by Crippen LogP contribution is -2.22. The van der Waals surface area contributed by atoms with E-state index in [2.05, 4.69) is 10.3 Å². The average Bonchev–Trinajstić information content (AvgIpc) is 2.34. The summed E-state index contributed by atoms with van der Waals surface area (Å²) in [6, 6.07) is 0.832. The normalized spacial score (nSPS) is 10.5. The van der Waals surface area contributed by atoms with Gasteiger partial charge in [0.15, 0.2) is 23.3 Å². The molecule has 0 aliphatic carbocycles. The molecular formula is C12H19F2N3O. The van der Waals surface area contributed by atoms with Gasteiger partial charge in [-0.2, -0.15) is 0 Å². The van der Waals surface area contributed by atoms with Crippen LogP contribution in [0.1, 0.15) is 19.3 Å². The van der Waals surface area contributed by atoms with Crippen LogP contribution in [-0.2, 0) is 0 Å². The van der Waals surface area contributed by atoms with Crippen molar-refractivity contribution in [2.24, 2.45) is 0 Å². The van der Waals surface area contributed by atoms with Crippen LogP contribution in [0, 0.1) is 11.6 Å². The highest BCUT2D eigenvalue weighted by Gasteiger charge is 2.14. The monoisotopic (exact) mass is 259 g/mol. The molecule has 1 aromatic rings. The number of aliphatic hydroxyl groups is 1. The van der Waals surface area contributed by atoms with Crippen LogP contribution >= 0.6 is 0 Å². The summed E-state index contributed by atoms with van der Waals surface area (Å²) in [4.78, 5) is 5.55. The van der Waals surface area contributed by atoms with Gasteiger partial charge in [-0.15, -0.1) is 0 Å². The molecule has 0 atom stereocenters. The van der Waals surface area contributed by atoms with E-state index >= 15 is 0 Å². The van der Waals surface area contributed by atoms with Gasteiger partial charge in [0.05, 0.1) is 0 Å². The second-order valence-corrected chi connectivity index (χ2v) is 4.08. The van der Waals surface area contributed by atoms with Crippen molar-refractivity contribution in [2.45, 2.75) is 19.3 Å². The highest BCUT2D eigenvalue weighted by Crippen LogP contribution is 2.21. The van der Waals surface area contributed by atoms with Crippen LogP contribution in [0.2, 0.25) is 0 Å². The molecule has 0 aliphatic heterocycles. The van der Waals surface area contributed by atoms with E-state index in [-0.39, 0.29) is 18.2 Å². The van der Waals surface area contributed by atoms with E-state index in [4.69, 9.17) is 5.11 Å². The minimum atomic E-state index is -0.701. The van der Waals surface area contributed by atoms with Gasteiger partial charge in [-0.1, -0.05) is 0 Å². The fourth-order valence-electron chi connectivity index (χ4n) is 1.64. The molecule has 6 heteroatoms. The lowest BCUT2D eigenvalue weighted by atomic mass is 10.2. The molecule has 0 aromatic carbocycles. The van der Waals surface area contributed by atoms with Crippen molar-refractivity contribution in [3.05, 3.63) is 17.7 Å². The molecule has 4 nitrogen and oxygen atoms in total. The van der Waals surface area contributed by atoms with Crippen molar-refractivity contribution in [1.29, 1.82) is 0 Å². The molecule has 2 N–H and O–H groups in total. The summed E-state index contributed by atoms with van der Waals surface area (Å²) in [6.07, 6.45) is 2.42. The molecule has 0 amide bonds. The van der Waals surface area contributed by atoms with E-state index in [1.165, 1.54) is 7.05 Å². The number of aromatic nitrogens is 1. The lowest BCUT2D eigenvalue weighted by Gasteiger charge is -2.19. The van der Waals surface area contributed by atoms with Gasteiger partial charge in [0, 0.05) is 33.3 Å². The molecule has 0 radical (unpaired) electrons. The number of halogens is 2. The summed E-state index contributed by atoms with van der Waals surface area (Å²) >= 11 is 0. The summed E-state index contributed by atoms with van der Waals surface area (Å²) in [5.41, 5.74) is 0. The van der Waals surface area contributed by atoms with Crippen LogP contribution in [-0.4, -0.2) is 37.3 Å². The van der Waals surface area contributed by atoms with E-state index in [9.17, 15) is 8.78 Å². The Kier molecular flexibility index (Phi) is 5.77. The van der Waals surface area contributed by atoms with Gasteiger partial charge in [-0.25, -0.2) is 13.8 Å². The summed E-state index contributed by atoms with van der Waals surface area (Å²) in [6.45, 7) is 0.773. The van der Waals surface area contributed by atoms with E-state index in [0.717, 1.165) is 25.3 Å². The smallest absolute Gasteiger partial charge is 0.168 e. The van der Waals surface area contributed by atoms with Crippen molar-refractivity contribution in [3.63, 3.8) is 0 Å². The van der Waals surface area contributed by atoms with Crippen molar-refractivity contribution < 1.29 is 13.9 Å². The molecule has 0 spiro atoms. The van der Waals surface area contributed by atoms with Crippen LogP contribution in [0.15, 0.2) is 6.07 Å².